The molecule has 1 aromatic carbocycles. The standard InChI is InChI=1S/C27H35NO7/c1-32-23-11-18-9-10-28(15-19(18)12-24(23)33-2)16-20-13-22(29)26(31)27(35-20)21(14-25(30)34-3)17-7-5-4-6-8-17/h11-13,17,21,31H,4-10,14-16H2,1-3H3. The summed E-state index contributed by atoms with van der Waals surface area (Å²) in [6.07, 6.45) is 6.07. The summed E-state index contributed by atoms with van der Waals surface area (Å²) in [6.45, 7) is 1.88. The van der Waals surface area contributed by atoms with Crippen molar-refractivity contribution in [2.75, 3.05) is 27.9 Å². The van der Waals surface area contributed by atoms with Crippen LogP contribution in [-0.4, -0.2) is 43.8 Å². The summed E-state index contributed by atoms with van der Waals surface area (Å²) in [5.74, 6) is 1.12. The number of carbonyl (C=O) groups is 1. The van der Waals surface area contributed by atoms with Crippen LogP contribution in [0.3, 0.4) is 0 Å². The SMILES string of the molecule is COC(=O)CC(c1oc(CN2CCc3cc(OC)c(OC)cc3C2)cc(=O)c1O)C1CCCCC1. The van der Waals surface area contributed by atoms with Gasteiger partial charge in [-0.15, -0.1) is 0 Å². The number of hydrogen-bond donors (Lipinski definition) is 1. The van der Waals surface area contributed by atoms with Crippen LogP contribution in [0.1, 0.15) is 67.1 Å². The van der Waals surface area contributed by atoms with Crippen molar-refractivity contribution < 1.29 is 28.5 Å². The van der Waals surface area contributed by atoms with Crippen LogP contribution in [0.15, 0.2) is 27.4 Å². The zero-order valence-corrected chi connectivity index (χ0v) is 20.8. The first-order valence-corrected chi connectivity index (χ1v) is 12.3. The van der Waals surface area contributed by atoms with Crippen LogP contribution >= 0.6 is 0 Å². The highest BCUT2D eigenvalue weighted by atomic mass is 16.5. The number of benzene rings is 1. The Labute approximate surface area is 205 Å². The Morgan fingerprint density at radius 2 is 1.77 bits per heavy atom. The number of esters is 1. The quantitative estimate of drug-likeness (QED) is 0.557. The molecule has 0 bridgehead atoms. The lowest BCUT2D eigenvalue weighted by molar-refractivity contribution is -0.141. The van der Waals surface area contributed by atoms with Crippen LogP contribution in [0.2, 0.25) is 0 Å². The van der Waals surface area contributed by atoms with Crippen molar-refractivity contribution in [3.63, 3.8) is 0 Å². The van der Waals surface area contributed by atoms with Crippen LogP contribution < -0.4 is 14.9 Å². The Kier molecular flexibility index (Phi) is 8.00. The molecule has 2 heterocycles. The number of fused-ring (bicyclic) bond motifs is 1. The molecule has 2 aromatic rings. The number of methoxy groups -OCH3 is 3. The van der Waals surface area contributed by atoms with E-state index < -0.39 is 11.2 Å². The van der Waals surface area contributed by atoms with Crippen LogP contribution in [0, 0.1) is 5.92 Å². The number of carbonyl (C=O) groups excluding carboxylic acids is 1. The highest BCUT2D eigenvalue weighted by Crippen LogP contribution is 2.41. The van der Waals surface area contributed by atoms with E-state index in [1.165, 1.54) is 18.7 Å². The van der Waals surface area contributed by atoms with E-state index in [0.717, 1.165) is 50.6 Å². The van der Waals surface area contributed by atoms with E-state index in [1.54, 1.807) is 14.2 Å². The third kappa shape index (κ3) is 5.64. The van der Waals surface area contributed by atoms with Gasteiger partial charge in [0.25, 0.3) is 0 Å². The zero-order chi connectivity index (χ0) is 24.9. The van der Waals surface area contributed by atoms with Crippen molar-refractivity contribution in [3.05, 3.63) is 51.1 Å². The molecular formula is C27H35NO7. The first kappa shape index (κ1) is 25.1. The smallest absolute Gasteiger partial charge is 0.306 e. The Bertz CT molecular complexity index is 1100. The molecule has 1 atom stereocenters. The van der Waals surface area contributed by atoms with Crippen LogP contribution in [-0.2, 0) is 29.0 Å². The summed E-state index contributed by atoms with van der Waals surface area (Å²) in [5.41, 5.74) is 1.87. The van der Waals surface area contributed by atoms with Gasteiger partial charge in [-0.2, -0.15) is 0 Å². The molecule has 1 aromatic heterocycles. The molecule has 8 heteroatoms. The molecular weight excluding hydrogens is 450 g/mol. The van der Waals surface area contributed by atoms with Crippen molar-refractivity contribution in [1.82, 2.24) is 4.90 Å². The molecule has 0 radical (unpaired) electrons. The van der Waals surface area contributed by atoms with Gasteiger partial charge in [0.15, 0.2) is 17.3 Å². The highest BCUT2D eigenvalue weighted by molar-refractivity contribution is 5.70. The fraction of sp³-hybridized carbons (Fsp3) is 0.556. The monoisotopic (exact) mass is 485 g/mol. The van der Waals surface area contributed by atoms with Gasteiger partial charge in [0.2, 0.25) is 11.2 Å². The first-order chi connectivity index (χ1) is 16.9. The van der Waals surface area contributed by atoms with Gasteiger partial charge in [0, 0.05) is 25.1 Å². The molecule has 35 heavy (non-hydrogen) atoms. The van der Waals surface area contributed by atoms with Crippen molar-refractivity contribution in [2.24, 2.45) is 5.92 Å². The van der Waals surface area contributed by atoms with Gasteiger partial charge >= 0.3 is 5.97 Å². The maximum atomic E-state index is 12.7. The maximum Gasteiger partial charge on any atom is 0.306 e. The lowest BCUT2D eigenvalue weighted by Crippen LogP contribution is -2.30. The molecule has 1 aliphatic heterocycles. The summed E-state index contributed by atoms with van der Waals surface area (Å²) in [5, 5.41) is 10.7. The minimum Gasteiger partial charge on any atom is -0.502 e. The number of aromatic hydroxyl groups is 1. The number of ether oxygens (including phenoxy) is 3. The zero-order valence-electron chi connectivity index (χ0n) is 20.8. The van der Waals surface area contributed by atoms with E-state index in [0.29, 0.717) is 30.3 Å². The second-order valence-electron chi connectivity index (χ2n) is 9.51. The molecule has 1 N–H and O–H groups in total. The van der Waals surface area contributed by atoms with Gasteiger partial charge in [-0.25, -0.2) is 0 Å². The molecule has 190 valence electrons. The van der Waals surface area contributed by atoms with Crippen LogP contribution in [0.5, 0.6) is 17.2 Å². The minimum absolute atomic E-state index is 0.0832. The second kappa shape index (κ2) is 11.2. The average molecular weight is 486 g/mol. The molecule has 0 spiro atoms. The van der Waals surface area contributed by atoms with Gasteiger partial charge in [0.1, 0.15) is 5.76 Å². The number of hydrogen-bond acceptors (Lipinski definition) is 8. The molecule has 1 unspecified atom stereocenters. The number of rotatable bonds is 8. The van der Waals surface area contributed by atoms with Gasteiger partial charge < -0.3 is 23.7 Å². The molecule has 1 saturated carbocycles. The lowest BCUT2D eigenvalue weighted by atomic mass is 9.77. The Hall–Kier alpha value is -3.00. The number of nitrogens with zero attached hydrogens (tertiary/aromatic N) is 1. The molecule has 4 rings (SSSR count). The van der Waals surface area contributed by atoms with E-state index in [1.807, 2.05) is 12.1 Å². The first-order valence-electron chi connectivity index (χ1n) is 12.3. The van der Waals surface area contributed by atoms with E-state index in [4.69, 9.17) is 18.6 Å². The van der Waals surface area contributed by atoms with E-state index >= 15 is 0 Å². The van der Waals surface area contributed by atoms with Crippen LogP contribution in [0.4, 0.5) is 0 Å². The summed E-state index contributed by atoms with van der Waals surface area (Å²) in [6, 6.07) is 5.37. The van der Waals surface area contributed by atoms with Gasteiger partial charge in [0.05, 0.1) is 34.3 Å². The summed E-state index contributed by atoms with van der Waals surface area (Å²) >= 11 is 0. The highest BCUT2D eigenvalue weighted by Gasteiger charge is 2.33. The van der Waals surface area contributed by atoms with Gasteiger partial charge in [-0.1, -0.05) is 19.3 Å². The summed E-state index contributed by atoms with van der Waals surface area (Å²) < 4.78 is 22.0. The minimum atomic E-state index is -0.476. The Morgan fingerprint density at radius 1 is 1.09 bits per heavy atom. The molecule has 1 fully saturated rings. The van der Waals surface area contributed by atoms with Crippen molar-refractivity contribution >= 4 is 5.97 Å². The van der Waals surface area contributed by atoms with Gasteiger partial charge in [-0.05, 0) is 48.4 Å². The average Bonchev–Trinajstić information content (AvgIpc) is 2.88. The largest absolute Gasteiger partial charge is 0.502 e. The van der Waals surface area contributed by atoms with Gasteiger partial charge in [-0.3, -0.25) is 14.5 Å². The van der Waals surface area contributed by atoms with Crippen molar-refractivity contribution in [2.45, 2.75) is 64.0 Å². The molecule has 0 amide bonds. The van der Waals surface area contributed by atoms with E-state index in [9.17, 15) is 14.7 Å². The van der Waals surface area contributed by atoms with Crippen molar-refractivity contribution in [3.8, 4) is 17.2 Å². The summed E-state index contributed by atoms with van der Waals surface area (Å²) in [7, 11) is 4.60. The fourth-order valence-corrected chi connectivity index (χ4v) is 5.45. The molecule has 2 aliphatic rings. The topological polar surface area (TPSA) is 98.4 Å². The van der Waals surface area contributed by atoms with Crippen LogP contribution in [0.25, 0.3) is 0 Å². The van der Waals surface area contributed by atoms with E-state index in [-0.39, 0.29) is 30.0 Å². The second-order valence-corrected chi connectivity index (χ2v) is 9.51. The fourth-order valence-electron chi connectivity index (χ4n) is 5.45. The molecule has 8 nitrogen and oxygen atoms in total. The third-order valence-corrected chi connectivity index (χ3v) is 7.35. The summed E-state index contributed by atoms with van der Waals surface area (Å²) in [4.78, 5) is 27.1. The predicted molar refractivity (Wildman–Crippen MR) is 130 cm³/mol. The third-order valence-electron chi connectivity index (χ3n) is 7.35. The van der Waals surface area contributed by atoms with E-state index in [2.05, 4.69) is 4.90 Å². The predicted octanol–water partition coefficient (Wildman–Crippen LogP) is 4.15. The van der Waals surface area contributed by atoms with Crippen molar-refractivity contribution in [1.29, 1.82) is 0 Å². The Morgan fingerprint density at radius 3 is 2.43 bits per heavy atom. The maximum absolute atomic E-state index is 12.7. The molecule has 0 saturated heterocycles. The Balaban J connectivity index is 1.59. The molecule has 1 aliphatic carbocycles. The lowest BCUT2D eigenvalue weighted by Gasteiger charge is -2.31. The normalized spacial score (nSPS) is 17.5.